The van der Waals surface area contributed by atoms with Crippen LogP contribution >= 0.6 is 11.6 Å². The van der Waals surface area contributed by atoms with Crippen molar-refractivity contribution in [3.8, 4) is 5.75 Å². The van der Waals surface area contributed by atoms with E-state index < -0.39 is 17.8 Å². The minimum Gasteiger partial charge on any atom is -0.495 e. The van der Waals surface area contributed by atoms with Gasteiger partial charge in [-0.25, -0.2) is 0 Å². The lowest BCUT2D eigenvalue weighted by Crippen LogP contribution is -2.21. The predicted octanol–water partition coefficient (Wildman–Crippen LogP) is 3.55. The fraction of sp³-hybridized carbons (Fsp3) is 0.176. The number of ether oxygens (including phenoxy) is 1. The highest BCUT2D eigenvalue weighted by molar-refractivity contribution is 6.31. The van der Waals surface area contributed by atoms with Gasteiger partial charge in [0.25, 0.3) is 0 Å². The molecule has 0 bridgehead atoms. The van der Waals surface area contributed by atoms with Gasteiger partial charge in [0.15, 0.2) is 0 Å². The van der Waals surface area contributed by atoms with E-state index in [9.17, 15) is 14.7 Å². The first-order valence-corrected chi connectivity index (χ1v) is 7.30. The fourth-order valence-corrected chi connectivity index (χ4v) is 2.37. The molecular weight excluding hydrogens is 318 g/mol. The molecule has 5 nitrogen and oxygen atoms in total. The van der Waals surface area contributed by atoms with Crippen LogP contribution in [-0.2, 0) is 9.59 Å². The molecule has 23 heavy (non-hydrogen) atoms. The Kier molecular flexibility index (Phi) is 5.60. The third-order valence-corrected chi connectivity index (χ3v) is 3.56. The molecule has 0 saturated heterocycles. The standard InChI is InChI=1S/C17H16ClNO4/c1-23-15-8-7-12(18)9-14(15)19-16(20)10-13(17(21)22)11-5-3-2-4-6-11/h2-9,13H,10H2,1H3,(H,19,20)(H,21,22)/t13-/m0/s1. The van der Waals surface area contributed by atoms with Gasteiger partial charge in [-0.3, -0.25) is 9.59 Å². The molecule has 0 radical (unpaired) electrons. The topological polar surface area (TPSA) is 75.6 Å². The van der Waals surface area contributed by atoms with Gasteiger partial charge in [0.1, 0.15) is 5.75 Å². The monoisotopic (exact) mass is 333 g/mol. The summed E-state index contributed by atoms with van der Waals surface area (Å²) in [6, 6.07) is 13.5. The van der Waals surface area contributed by atoms with E-state index in [0.717, 1.165) is 0 Å². The van der Waals surface area contributed by atoms with Crippen molar-refractivity contribution in [2.75, 3.05) is 12.4 Å². The first kappa shape index (κ1) is 16.8. The summed E-state index contributed by atoms with van der Waals surface area (Å²) >= 11 is 5.91. The van der Waals surface area contributed by atoms with Gasteiger partial charge < -0.3 is 15.2 Å². The number of benzene rings is 2. The Morgan fingerprint density at radius 3 is 2.52 bits per heavy atom. The first-order valence-electron chi connectivity index (χ1n) is 6.92. The highest BCUT2D eigenvalue weighted by Gasteiger charge is 2.23. The number of carbonyl (C=O) groups is 2. The number of rotatable bonds is 6. The molecule has 0 aliphatic carbocycles. The summed E-state index contributed by atoms with van der Waals surface area (Å²) < 4.78 is 5.15. The molecule has 0 saturated carbocycles. The Labute approximate surface area is 138 Å². The average Bonchev–Trinajstić information content (AvgIpc) is 2.53. The van der Waals surface area contributed by atoms with Crippen LogP contribution in [0.3, 0.4) is 0 Å². The van der Waals surface area contributed by atoms with Gasteiger partial charge in [-0.05, 0) is 23.8 Å². The lowest BCUT2D eigenvalue weighted by atomic mass is 9.95. The smallest absolute Gasteiger partial charge is 0.311 e. The van der Waals surface area contributed by atoms with E-state index in [1.807, 2.05) is 0 Å². The number of carboxylic acids is 1. The number of carboxylic acid groups (broad SMARTS) is 1. The molecule has 0 aromatic heterocycles. The Morgan fingerprint density at radius 1 is 1.22 bits per heavy atom. The molecule has 2 aromatic rings. The van der Waals surface area contributed by atoms with Crippen LogP contribution in [0.15, 0.2) is 48.5 Å². The van der Waals surface area contributed by atoms with Gasteiger partial charge in [-0.2, -0.15) is 0 Å². The highest BCUT2D eigenvalue weighted by atomic mass is 35.5. The Balaban J connectivity index is 2.14. The van der Waals surface area contributed by atoms with Crippen LogP contribution in [0.4, 0.5) is 5.69 Å². The number of hydrogen-bond acceptors (Lipinski definition) is 3. The quantitative estimate of drug-likeness (QED) is 0.847. The van der Waals surface area contributed by atoms with E-state index in [2.05, 4.69) is 5.32 Å². The third-order valence-electron chi connectivity index (χ3n) is 3.33. The van der Waals surface area contributed by atoms with Crippen LogP contribution in [-0.4, -0.2) is 24.1 Å². The number of amides is 1. The summed E-state index contributed by atoms with van der Waals surface area (Å²) in [6.45, 7) is 0. The van der Waals surface area contributed by atoms with E-state index >= 15 is 0 Å². The zero-order valence-corrected chi connectivity index (χ0v) is 13.2. The van der Waals surface area contributed by atoms with Gasteiger partial charge >= 0.3 is 5.97 Å². The van der Waals surface area contributed by atoms with Crippen LogP contribution in [0.25, 0.3) is 0 Å². The molecule has 0 unspecified atom stereocenters. The molecule has 0 aliphatic rings. The number of hydrogen-bond donors (Lipinski definition) is 2. The molecule has 0 fully saturated rings. The lowest BCUT2D eigenvalue weighted by molar-refractivity contribution is -0.140. The van der Waals surface area contributed by atoms with E-state index in [1.54, 1.807) is 48.5 Å². The maximum Gasteiger partial charge on any atom is 0.311 e. The van der Waals surface area contributed by atoms with Crippen molar-refractivity contribution in [1.82, 2.24) is 0 Å². The normalized spacial score (nSPS) is 11.6. The van der Waals surface area contributed by atoms with Gasteiger partial charge in [0.2, 0.25) is 5.91 Å². The van der Waals surface area contributed by atoms with Gasteiger partial charge in [0.05, 0.1) is 18.7 Å². The molecule has 1 atom stereocenters. The van der Waals surface area contributed by atoms with E-state index in [1.165, 1.54) is 7.11 Å². The molecule has 2 rings (SSSR count). The molecule has 0 spiro atoms. The van der Waals surface area contributed by atoms with Crippen LogP contribution < -0.4 is 10.1 Å². The molecule has 2 aromatic carbocycles. The molecule has 6 heteroatoms. The van der Waals surface area contributed by atoms with Gasteiger partial charge in [0, 0.05) is 11.4 Å². The summed E-state index contributed by atoms with van der Waals surface area (Å²) in [4.78, 5) is 23.6. The number of nitrogens with one attached hydrogen (secondary N) is 1. The van der Waals surface area contributed by atoms with E-state index in [-0.39, 0.29) is 6.42 Å². The van der Waals surface area contributed by atoms with Crippen molar-refractivity contribution in [3.63, 3.8) is 0 Å². The fourth-order valence-electron chi connectivity index (χ4n) is 2.20. The zero-order chi connectivity index (χ0) is 16.8. The lowest BCUT2D eigenvalue weighted by Gasteiger charge is -2.14. The van der Waals surface area contributed by atoms with Crippen LogP contribution in [0.1, 0.15) is 17.9 Å². The number of anilines is 1. The second-order valence-electron chi connectivity index (χ2n) is 4.90. The third kappa shape index (κ3) is 4.47. The molecule has 120 valence electrons. The summed E-state index contributed by atoms with van der Waals surface area (Å²) in [5.41, 5.74) is 0.982. The first-order chi connectivity index (χ1) is 11.0. The van der Waals surface area contributed by atoms with Crippen LogP contribution in [0.5, 0.6) is 5.75 Å². The Bertz CT molecular complexity index is 703. The highest BCUT2D eigenvalue weighted by Crippen LogP contribution is 2.28. The SMILES string of the molecule is COc1ccc(Cl)cc1NC(=O)C[C@H](C(=O)O)c1ccccc1. The Morgan fingerprint density at radius 2 is 1.91 bits per heavy atom. The minimum absolute atomic E-state index is 0.186. The summed E-state index contributed by atoms with van der Waals surface area (Å²) in [6.07, 6.45) is -0.186. The number of halogens is 1. The van der Waals surface area contributed by atoms with Crippen molar-refractivity contribution < 1.29 is 19.4 Å². The number of aliphatic carboxylic acids is 1. The largest absolute Gasteiger partial charge is 0.495 e. The van der Waals surface area contributed by atoms with Crippen molar-refractivity contribution in [1.29, 1.82) is 0 Å². The second-order valence-corrected chi connectivity index (χ2v) is 5.33. The van der Waals surface area contributed by atoms with Crippen LogP contribution in [0, 0.1) is 0 Å². The maximum absolute atomic E-state index is 12.2. The summed E-state index contributed by atoms with van der Waals surface area (Å²) in [5, 5.41) is 12.4. The average molecular weight is 334 g/mol. The minimum atomic E-state index is -1.05. The van der Waals surface area contributed by atoms with Crippen molar-refractivity contribution in [3.05, 3.63) is 59.1 Å². The van der Waals surface area contributed by atoms with Gasteiger partial charge in [-0.1, -0.05) is 41.9 Å². The number of carbonyl (C=O) groups excluding carboxylic acids is 1. The summed E-state index contributed by atoms with van der Waals surface area (Å²) in [5.74, 6) is -1.94. The van der Waals surface area contributed by atoms with Gasteiger partial charge in [-0.15, -0.1) is 0 Å². The Hall–Kier alpha value is -2.53. The molecule has 1 amide bonds. The molecule has 0 heterocycles. The van der Waals surface area contributed by atoms with E-state index in [0.29, 0.717) is 22.0 Å². The van der Waals surface area contributed by atoms with E-state index in [4.69, 9.17) is 16.3 Å². The second kappa shape index (κ2) is 7.65. The number of methoxy groups -OCH3 is 1. The zero-order valence-electron chi connectivity index (χ0n) is 12.5. The molecular formula is C17H16ClNO4. The van der Waals surface area contributed by atoms with Crippen LogP contribution in [0.2, 0.25) is 5.02 Å². The molecule has 2 N–H and O–H groups in total. The van der Waals surface area contributed by atoms with Crippen molar-refractivity contribution >= 4 is 29.2 Å². The molecule has 0 aliphatic heterocycles. The summed E-state index contributed by atoms with van der Waals surface area (Å²) in [7, 11) is 1.48. The van der Waals surface area contributed by atoms with Crippen molar-refractivity contribution in [2.24, 2.45) is 0 Å². The maximum atomic E-state index is 12.2. The van der Waals surface area contributed by atoms with Crippen molar-refractivity contribution in [2.45, 2.75) is 12.3 Å². The predicted molar refractivity (Wildman–Crippen MR) is 88.1 cm³/mol.